The quantitative estimate of drug-likeness (QED) is 0.428. The minimum absolute atomic E-state index is 0.0264. The molecule has 0 aliphatic carbocycles. The third kappa shape index (κ3) is 5.71. The normalized spacial score (nSPS) is 18.6. The van der Waals surface area contributed by atoms with Crippen LogP contribution in [0.1, 0.15) is 24.8 Å². The van der Waals surface area contributed by atoms with E-state index in [4.69, 9.17) is 17.0 Å². The van der Waals surface area contributed by atoms with Crippen LogP contribution in [0.4, 0.5) is 11.4 Å². The van der Waals surface area contributed by atoms with E-state index in [0.29, 0.717) is 16.5 Å². The first kappa shape index (κ1) is 25.9. The summed E-state index contributed by atoms with van der Waals surface area (Å²) in [5.41, 5.74) is 2.68. The fraction of sp³-hybridized carbons (Fsp3) is 0.300. The van der Waals surface area contributed by atoms with Crippen LogP contribution in [0.3, 0.4) is 0 Å². The molecule has 7 nitrogen and oxygen atoms in total. The average Bonchev–Trinajstić information content (AvgIpc) is 3.19. The van der Waals surface area contributed by atoms with E-state index in [1.54, 1.807) is 36.3 Å². The van der Waals surface area contributed by atoms with E-state index in [1.807, 2.05) is 41.3 Å². The molecule has 0 bridgehead atoms. The van der Waals surface area contributed by atoms with Crippen molar-refractivity contribution in [2.75, 3.05) is 30.4 Å². The van der Waals surface area contributed by atoms with Crippen molar-refractivity contribution in [3.8, 4) is 5.75 Å². The lowest BCUT2D eigenvalue weighted by molar-refractivity contribution is -0.125. The third-order valence-electron chi connectivity index (χ3n) is 7.22. The molecular formula is C30H32N4O3S. The maximum absolute atomic E-state index is 13.7. The summed E-state index contributed by atoms with van der Waals surface area (Å²) in [6.45, 7) is 2.71. The first-order valence-electron chi connectivity index (χ1n) is 12.9. The van der Waals surface area contributed by atoms with E-state index in [9.17, 15) is 9.59 Å². The Morgan fingerprint density at radius 1 is 0.947 bits per heavy atom. The van der Waals surface area contributed by atoms with E-state index in [0.717, 1.165) is 38.2 Å². The summed E-state index contributed by atoms with van der Waals surface area (Å²) in [6.07, 6.45) is 1.78. The van der Waals surface area contributed by atoms with Crippen molar-refractivity contribution in [3.63, 3.8) is 0 Å². The Hall–Kier alpha value is -3.75. The maximum Gasteiger partial charge on any atom is 0.256 e. The van der Waals surface area contributed by atoms with Crippen molar-refractivity contribution in [2.24, 2.45) is 0 Å². The molecule has 8 heteroatoms. The summed E-state index contributed by atoms with van der Waals surface area (Å²) in [4.78, 5) is 32.9. The van der Waals surface area contributed by atoms with Gasteiger partial charge in [0.25, 0.3) is 5.91 Å². The zero-order valence-electron chi connectivity index (χ0n) is 21.5. The molecule has 1 atom stereocenters. The van der Waals surface area contributed by atoms with Crippen molar-refractivity contribution in [1.29, 1.82) is 0 Å². The Labute approximate surface area is 229 Å². The number of benzene rings is 3. The largest absolute Gasteiger partial charge is 0.497 e. The number of anilines is 2. The molecule has 2 aliphatic heterocycles. The number of thiocarbonyl (C=S) groups is 1. The van der Waals surface area contributed by atoms with E-state index in [-0.39, 0.29) is 24.3 Å². The summed E-state index contributed by atoms with van der Waals surface area (Å²) in [6, 6.07) is 26.5. The van der Waals surface area contributed by atoms with Crippen LogP contribution in [0.25, 0.3) is 0 Å². The zero-order chi connectivity index (χ0) is 26.5. The highest BCUT2D eigenvalue weighted by Crippen LogP contribution is 2.32. The zero-order valence-corrected chi connectivity index (χ0v) is 22.3. The van der Waals surface area contributed by atoms with Gasteiger partial charge in [-0.05, 0) is 67.0 Å². The second kappa shape index (κ2) is 11.8. The fourth-order valence-corrected chi connectivity index (χ4v) is 5.75. The molecule has 2 saturated heterocycles. The van der Waals surface area contributed by atoms with Gasteiger partial charge in [-0.2, -0.15) is 0 Å². The number of ether oxygens (including phenoxy) is 1. The minimum Gasteiger partial charge on any atom is -0.497 e. The maximum atomic E-state index is 13.7. The van der Waals surface area contributed by atoms with E-state index >= 15 is 0 Å². The lowest BCUT2D eigenvalue weighted by atomic mass is 10.00. The molecule has 5 rings (SSSR count). The minimum atomic E-state index is -0.647. The van der Waals surface area contributed by atoms with Crippen molar-refractivity contribution >= 4 is 40.5 Å². The highest BCUT2D eigenvalue weighted by Gasteiger charge is 2.47. The molecule has 2 aliphatic rings. The molecule has 0 saturated carbocycles. The lowest BCUT2D eigenvalue weighted by Crippen LogP contribution is -2.49. The van der Waals surface area contributed by atoms with Crippen molar-refractivity contribution in [2.45, 2.75) is 37.9 Å². The van der Waals surface area contributed by atoms with Crippen molar-refractivity contribution in [3.05, 3.63) is 90.5 Å². The Kier molecular flexibility index (Phi) is 8.00. The molecule has 3 aromatic rings. The van der Waals surface area contributed by atoms with Gasteiger partial charge in [-0.15, -0.1) is 0 Å². The second-order valence-electron chi connectivity index (χ2n) is 9.69. The van der Waals surface area contributed by atoms with Crippen LogP contribution in [0.2, 0.25) is 0 Å². The highest BCUT2D eigenvalue weighted by atomic mass is 32.1. The van der Waals surface area contributed by atoms with Crippen LogP contribution >= 0.6 is 12.2 Å². The van der Waals surface area contributed by atoms with Crippen LogP contribution in [-0.4, -0.2) is 59.0 Å². The Morgan fingerprint density at radius 3 is 2.21 bits per heavy atom. The predicted octanol–water partition coefficient (Wildman–Crippen LogP) is 4.69. The smallest absolute Gasteiger partial charge is 0.256 e. The van der Waals surface area contributed by atoms with Crippen LogP contribution in [0, 0.1) is 0 Å². The summed E-state index contributed by atoms with van der Waals surface area (Å²) in [7, 11) is 1.60. The summed E-state index contributed by atoms with van der Waals surface area (Å²) in [5, 5.41) is 3.40. The SMILES string of the molecule is COc1ccc(NC(=O)CC2C(=O)N(c3ccccc3)C(=S)N2C2CCN(Cc3ccccc3)CC2)cc1. The number of nitrogens with zero attached hydrogens (tertiary/aromatic N) is 3. The molecule has 2 amide bonds. The van der Waals surface area contributed by atoms with Crippen LogP contribution in [0.15, 0.2) is 84.9 Å². The molecule has 0 radical (unpaired) electrons. The molecule has 1 N–H and O–H groups in total. The topological polar surface area (TPSA) is 65.1 Å². The average molecular weight is 529 g/mol. The number of nitrogens with one attached hydrogen (secondary N) is 1. The monoisotopic (exact) mass is 528 g/mol. The number of carbonyl (C=O) groups is 2. The number of methoxy groups -OCH3 is 1. The van der Waals surface area contributed by atoms with Gasteiger partial charge in [-0.1, -0.05) is 48.5 Å². The molecular weight excluding hydrogens is 496 g/mol. The Morgan fingerprint density at radius 2 is 1.58 bits per heavy atom. The summed E-state index contributed by atoms with van der Waals surface area (Å²) < 4.78 is 5.20. The number of piperidine rings is 1. The summed E-state index contributed by atoms with van der Waals surface area (Å²) >= 11 is 5.90. The van der Waals surface area contributed by atoms with Gasteiger partial charge in [-0.25, -0.2) is 0 Å². The van der Waals surface area contributed by atoms with Crippen LogP contribution in [0.5, 0.6) is 5.75 Å². The van der Waals surface area contributed by atoms with Crippen LogP contribution < -0.4 is 15.0 Å². The molecule has 196 valence electrons. The number of amides is 2. The van der Waals surface area contributed by atoms with Gasteiger partial charge in [0.15, 0.2) is 5.11 Å². The number of likely N-dealkylation sites (tertiary alicyclic amines) is 1. The molecule has 0 spiro atoms. The number of rotatable bonds is 8. The number of para-hydroxylation sites is 1. The van der Waals surface area contributed by atoms with Gasteiger partial charge in [0.1, 0.15) is 11.8 Å². The van der Waals surface area contributed by atoms with Gasteiger partial charge < -0.3 is 15.0 Å². The third-order valence-corrected chi connectivity index (χ3v) is 7.61. The van der Waals surface area contributed by atoms with E-state index < -0.39 is 6.04 Å². The van der Waals surface area contributed by atoms with E-state index in [1.165, 1.54) is 5.56 Å². The number of carbonyl (C=O) groups excluding carboxylic acids is 2. The Bertz CT molecular complexity index is 1260. The van der Waals surface area contributed by atoms with Gasteiger partial charge in [-0.3, -0.25) is 19.4 Å². The van der Waals surface area contributed by atoms with Gasteiger partial charge in [0, 0.05) is 31.4 Å². The molecule has 3 aromatic carbocycles. The molecule has 38 heavy (non-hydrogen) atoms. The first-order valence-corrected chi connectivity index (χ1v) is 13.4. The van der Waals surface area contributed by atoms with Crippen molar-refractivity contribution in [1.82, 2.24) is 9.80 Å². The molecule has 1 unspecified atom stereocenters. The summed E-state index contributed by atoms with van der Waals surface area (Å²) in [5.74, 6) is 0.332. The van der Waals surface area contributed by atoms with E-state index in [2.05, 4.69) is 34.5 Å². The second-order valence-corrected chi connectivity index (χ2v) is 10.1. The molecule has 2 fully saturated rings. The standard InChI is InChI=1S/C30H32N4O3S/c1-37-26-14-12-23(13-15-26)31-28(35)20-27-29(36)34(24-10-6-3-7-11-24)30(38)33(27)25-16-18-32(19-17-25)21-22-8-4-2-5-9-22/h2-15,25,27H,16-21H2,1H3,(H,31,35). The molecule has 0 aromatic heterocycles. The van der Waals surface area contributed by atoms with Gasteiger partial charge >= 0.3 is 0 Å². The fourth-order valence-electron chi connectivity index (χ4n) is 5.28. The predicted molar refractivity (Wildman–Crippen MR) is 153 cm³/mol. The Balaban J connectivity index is 1.31. The van der Waals surface area contributed by atoms with Crippen molar-refractivity contribution < 1.29 is 14.3 Å². The van der Waals surface area contributed by atoms with Gasteiger partial charge in [0.2, 0.25) is 5.91 Å². The lowest BCUT2D eigenvalue weighted by Gasteiger charge is -2.39. The van der Waals surface area contributed by atoms with Gasteiger partial charge in [0.05, 0.1) is 19.2 Å². The number of hydrogen-bond donors (Lipinski definition) is 1. The highest BCUT2D eigenvalue weighted by molar-refractivity contribution is 7.80. The first-order chi connectivity index (χ1) is 18.5. The number of hydrogen-bond acceptors (Lipinski definition) is 5. The molecule has 2 heterocycles. The van der Waals surface area contributed by atoms with Crippen LogP contribution in [-0.2, 0) is 16.1 Å².